The summed E-state index contributed by atoms with van der Waals surface area (Å²) in [6.07, 6.45) is 6.59. The van der Waals surface area contributed by atoms with Gasteiger partial charge in [0.15, 0.2) is 0 Å². The van der Waals surface area contributed by atoms with E-state index in [0.717, 1.165) is 40.3 Å². The number of anilines is 6. The van der Waals surface area contributed by atoms with Gasteiger partial charge in [-0.3, -0.25) is 0 Å². The standard InChI is InChI=1S/C70H54N4/c1-5-19-50(20-6-1)71(54-33-36-65-60(44-54)57-28-14-17-31-63(57)73(65)52-23-9-3-10-24-52)67-38-35-59-56-27-13-16-30-62(56)70(48-40-46-39-47(42-48)43-49(70)41-46)68(59)69(67)72(51-21-7-2-8-22-51)55-34-37-66-61(45-55)58-29-15-18-32-64(58)74(66)53-25-11-4-12-26-53/h1-38,44-49H,39-43H2. The highest BCUT2D eigenvalue weighted by atomic mass is 15.2. The molecule has 0 aliphatic heterocycles. The Hall–Kier alpha value is -8.60. The predicted molar refractivity (Wildman–Crippen MR) is 308 cm³/mol. The number of nitrogens with zero attached hydrogens (tertiary/aromatic N) is 4. The Bertz CT molecular complexity index is 4120. The van der Waals surface area contributed by atoms with Gasteiger partial charge >= 0.3 is 0 Å². The fraction of sp³-hybridized carbons (Fsp3) is 0.143. The van der Waals surface area contributed by atoms with Crippen LogP contribution in [-0.2, 0) is 5.41 Å². The van der Waals surface area contributed by atoms with Crippen LogP contribution in [-0.4, -0.2) is 9.13 Å². The van der Waals surface area contributed by atoms with Crippen LogP contribution in [0.1, 0.15) is 43.2 Å². The van der Waals surface area contributed by atoms with Gasteiger partial charge in [-0.2, -0.15) is 0 Å². The van der Waals surface area contributed by atoms with Crippen LogP contribution < -0.4 is 9.80 Å². The molecule has 0 atom stereocenters. The Balaban J connectivity index is 1.02. The first-order valence-corrected chi connectivity index (χ1v) is 26.9. The van der Waals surface area contributed by atoms with Crippen molar-refractivity contribution in [2.75, 3.05) is 9.80 Å². The van der Waals surface area contributed by atoms with E-state index in [9.17, 15) is 0 Å². The van der Waals surface area contributed by atoms with Crippen LogP contribution in [0.25, 0.3) is 66.1 Å². The van der Waals surface area contributed by atoms with Crippen molar-refractivity contribution in [1.82, 2.24) is 9.13 Å². The van der Waals surface area contributed by atoms with Crippen molar-refractivity contribution in [1.29, 1.82) is 0 Å². The molecule has 4 bridgehead atoms. The van der Waals surface area contributed by atoms with Gasteiger partial charge in [0.1, 0.15) is 0 Å². The van der Waals surface area contributed by atoms with E-state index in [4.69, 9.17) is 0 Å². The molecule has 0 radical (unpaired) electrons. The molecule has 4 fully saturated rings. The first-order chi connectivity index (χ1) is 36.7. The van der Waals surface area contributed by atoms with E-state index in [0.29, 0.717) is 11.8 Å². The monoisotopic (exact) mass is 950 g/mol. The minimum atomic E-state index is -0.138. The largest absolute Gasteiger partial charge is 0.309 e. The van der Waals surface area contributed by atoms with E-state index in [1.54, 1.807) is 5.56 Å². The normalized spacial score (nSPS) is 20.2. The third-order valence-corrected chi connectivity index (χ3v) is 18.0. The van der Waals surface area contributed by atoms with Crippen molar-refractivity contribution in [3.05, 3.63) is 254 Å². The Morgan fingerprint density at radius 3 is 1.34 bits per heavy atom. The first-order valence-electron chi connectivity index (χ1n) is 26.9. The smallest absolute Gasteiger partial charge is 0.0750 e. The van der Waals surface area contributed by atoms with Gasteiger partial charge in [-0.05, 0) is 181 Å². The van der Waals surface area contributed by atoms with E-state index in [2.05, 4.69) is 262 Å². The molecule has 74 heavy (non-hydrogen) atoms. The molecule has 4 nitrogen and oxygen atoms in total. The minimum absolute atomic E-state index is 0.138. The highest BCUT2D eigenvalue weighted by Crippen LogP contribution is 2.72. The van der Waals surface area contributed by atoms with E-state index < -0.39 is 0 Å². The first kappa shape index (κ1) is 42.0. The SMILES string of the molecule is c1ccc(N(c2ccc3c(c2)c2ccccc2n3-c2ccccc2)c2ccc3c(c2N(c2ccccc2)c2ccc4c(c2)c2ccccc2n4-c2ccccc2)C2(c4ccccc4-3)C3CC4CC(C3)CC2C4)cc1. The van der Waals surface area contributed by atoms with Gasteiger partial charge in [-0.15, -0.1) is 0 Å². The van der Waals surface area contributed by atoms with E-state index in [1.807, 2.05) is 0 Å². The van der Waals surface area contributed by atoms with Crippen molar-refractivity contribution in [2.24, 2.45) is 23.7 Å². The van der Waals surface area contributed by atoms with E-state index >= 15 is 0 Å². The molecular formula is C70H54N4. The summed E-state index contributed by atoms with van der Waals surface area (Å²) in [7, 11) is 0. The molecule has 0 N–H and O–H groups in total. The summed E-state index contributed by atoms with van der Waals surface area (Å²) in [5, 5.41) is 4.96. The second kappa shape index (κ2) is 16.2. The van der Waals surface area contributed by atoms with Crippen molar-refractivity contribution < 1.29 is 0 Å². The molecule has 5 aliphatic carbocycles. The zero-order valence-electron chi connectivity index (χ0n) is 41.2. The number of aromatic nitrogens is 2. The summed E-state index contributed by atoms with van der Waals surface area (Å²) < 4.78 is 4.87. The second-order valence-electron chi connectivity index (χ2n) is 21.7. The van der Waals surface area contributed by atoms with Crippen molar-refractivity contribution in [3.8, 4) is 22.5 Å². The summed E-state index contributed by atoms with van der Waals surface area (Å²) in [5.41, 5.74) is 19.9. The maximum absolute atomic E-state index is 2.68. The molecule has 0 unspecified atom stereocenters. The zero-order chi connectivity index (χ0) is 48.5. The van der Waals surface area contributed by atoms with Crippen molar-refractivity contribution in [3.63, 3.8) is 0 Å². The third-order valence-electron chi connectivity index (χ3n) is 18.0. The van der Waals surface area contributed by atoms with Crippen LogP contribution in [0.3, 0.4) is 0 Å². The Kier molecular flexibility index (Phi) is 9.19. The van der Waals surface area contributed by atoms with E-state index in [-0.39, 0.29) is 5.41 Å². The number of fused-ring (bicyclic) bond motifs is 9. The Labute approximate surface area is 432 Å². The van der Waals surface area contributed by atoms with Crippen LogP contribution in [0.15, 0.2) is 243 Å². The van der Waals surface area contributed by atoms with Crippen LogP contribution in [0, 0.1) is 23.7 Å². The van der Waals surface area contributed by atoms with Gasteiger partial charge in [0, 0.05) is 61.1 Å². The fourth-order valence-electron chi connectivity index (χ4n) is 15.5. The zero-order valence-corrected chi connectivity index (χ0v) is 41.2. The molecule has 0 saturated heterocycles. The number of hydrogen-bond acceptors (Lipinski definition) is 2. The topological polar surface area (TPSA) is 16.3 Å². The molecular weight excluding hydrogens is 897 g/mol. The summed E-state index contributed by atoms with van der Waals surface area (Å²) in [6, 6.07) is 91.1. The molecule has 1 spiro atoms. The lowest BCUT2D eigenvalue weighted by Gasteiger charge is -2.61. The number of hydrogen-bond donors (Lipinski definition) is 0. The number of benzene rings is 10. The van der Waals surface area contributed by atoms with Crippen molar-refractivity contribution >= 4 is 77.7 Å². The van der Waals surface area contributed by atoms with Gasteiger partial charge in [-0.25, -0.2) is 0 Å². The van der Waals surface area contributed by atoms with Crippen LogP contribution in [0.5, 0.6) is 0 Å². The number of para-hydroxylation sites is 6. The highest BCUT2D eigenvalue weighted by molar-refractivity contribution is 6.13. The maximum Gasteiger partial charge on any atom is 0.0750 e. The molecule has 12 aromatic rings. The molecule has 0 amide bonds. The van der Waals surface area contributed by atoms with Crippen LogP contribution >= 0.6 is 0 Å². The average Bonchev–Trinajstić information content (AvgIpc) is 4.10. The summed E-state index contributed by atoms with van der Waals surface area (Å²) in [6.45, 7) is 0. The van der Waals surface area contributed by atoms with Crippen LogP contribution in [0.4, 0.5) is 34.1 Å². The fourth-order valence-corrected chi connectivity index (χ4v) is 15.5. The molecule has 354 valence electrons. The molecule has 4 heteroatoms. The molecule has 2 heterocycles. The predicted octanol–water partition coefficient (Wildman–Crippen LogP) is 18.5. The summed E-state index contributed by atoms with van der Waals surface area (Å²) >= 11 is 0. The lowest BCUT2D eigenvalue weighted by Crippen LogP contribution is -2.55. The molecule has 10 aromatic carbocycles. The quantitative estimate of drug-likeness (QED) is 0.151. The van der Waals surface area contributed by atoms with Gasteiger partial charge in [0.05, 0.1) is 33.4 Å². The van der Waals surface area contributed by atoms with Crippen molar-refractivity contribution in [2.45, 2.75) is 37.5 Å². The maximum atomic E-state index is 2.68. The molecule has 5 aliphatic rings. The molecule has 4 saturated carbocycles. The summed E-state index contributed by atoms with van der Waals surface area (Å²) in [4.78, 5) is 5.27. The van der Waals surface area contributed by atoms with Gasteiger partial charge in [-0.1, -0.05) is 140 Å². The second-order valence-corrected chi connectivity index (χ2v) is 21.7. The van der Waals surface area contributed by atoms with Gasteiger partial charge in [0.25, 0.3) is 0 Å². The third kappa shape index (κ3) is 5.97. The Morgan fingerprint density at radius 1 is 0.338 bits per heavy atom. The minimum Gasteiger partial charge on any atom is -0.309 e. The highest BCUT2D eigenvalue weighted by Gasteiger charge is 2.63. The average molecular weight is 951 g/mol. The number of rotatable bonds is 8. The summed E-state index contributed by atoms with van der Waals surface area (Å²) in [5.74, 6) is 2.74. The van der Waals surface area contributed by atoms with Crippen LogP contribution in [0.2, 0.25) is 0 Å². The lowest BCUT2D eigenvalue weighted by molar-refractivity contribution is -0.0397. The molecule has 2 aromatic heterocycles. The van der Waals surface area contributed by atoms with E-state index in [1.165, 1.54) is 109 Å². The van der Waals surface area contributed by atoms with Gasteiger partial charge in [0.2, 0.25) is 0 Å². The Morgan fingerprint density at radius 2 is 0.784 bits per heavy atom. The van der Waals surface area contributed by atoms with Gasteiger partial charge < -0.3 is 18.9 Å². The lowest BCUT2D eigenvalue weighted by atomic mass is 9.43. The molecule has 17 rings (SSSR count).